The molecule has 2 rings (SSSR count). The molecule has 0 aliphatic carbocycles. The van der Waals surface area contributed by atoms with E-state index >= 15 is 0 Å². The molecule has 0 amide bonds. The quantitative estimate of drug-likeness (QED) is 0.857. The van der Waals surface area contributed by atoms with Crippen molar-refractivity contribution in [3.63, 3.8) is 0 Å². The first-order valence-corrected chi connectivity index (χ1v) is 6.70. The van der Waals surface area contributed by atoms with E-state index in [1.54, 1.807) is 12.1 Å². The first-order chi connectivity index (χ1) is 9.14. The molecule has 0 spiro atoms. The monoisotopic (exact) mass is 256 g/mol. The summed E-state index contributed by atoms with van der Waals surface area (Å²) in [7, 11) is 0. The highest BCUT2D eigenvalue weighted by molar-refractivity contribution is 5.31. The van der Waals surface area contributed by atoms with Gasteiger partial charge in [-0.2, -0.15) is 0 Å². The molecule has 2 N–H and O–H groups in total. The molecule has 0 saturated carbocycles. The Labute approximate surface area is 114 Å². The molecule has 100 valence electrons. The standard InChI is InChI=1S/C17H20O2/c1-2-11-17(19,15-8-4-3-5-9-15)13-14-7-6-10-16(18)12-14/h3-10,12,18-19H,2,11,13H2,1H3. The van der Waals surface area contributed by atoms with Crippen LogP contribution in [0.1, 0.15) is 30.9 Å². The fourth-order valence-electron chi connectivity index (χ4n) is 2.50. The molecule has 1 atom stereocenters. The van der Waals surface area contributed by atoms with E-state index in [4.69, 9.17) is 0 Å². The number of rotatable bonds is 5. The second-order valence-electron chi connectivity index (χ2n) is 4.99. The molecule has 2 nitrogen and oxygen atoms in total. The van der Waals surface area contributed by atoms with Gasteiger partial charge in [0, 0.05) is 6.42 Å². The third-order valence-corrected chi connectivity index (χ3v) is 3.38. The Morgan fingerprint density at radius 3 is 2.37 bits per heavy atom. The first-order valence-electron chi connectivity index (χ1n) is 6.70. The van der Waals surface area contributed by atoms with Crippen molar-refractivity contribution in [2.45, 2.75) is 31.8 Å². The van der Waals surface area contributed by atoms with Crippen LogP contribution in [0, 0.1) is 0 Å². The van der Waals surface area contributed by atoms with Gasteiger partial charge in [0.25, 0.3) is 0 Å². The van der Waals surface area contributed by atoms with Crippen LogP contribution in [-0.2, 0) is 12.0 Å². The average molecular weight is 256 g/mol. The molecule has 0 heterocycles. The number of aromatic hydroxyl groups is 1. The summed E-state index contributed by atoms with van der Waals surface area (Å²) in [4.78, 5) is 0. The van der Waals surface area contributed by atoms with Gasteiger partial charge in [0.2, 0.25) is 0 Å². The third kappa shape index (κ3) is 3.36. The van der Waals surface area contributed by atoms with E-state index in [-0.39, 0.29) is 5.75 Å². The summed E-state index contributed by atoms with van der Waals surface area (Å²) in [6, 6.07) is 16.8. The van der Waals surface area contributed by atoms with Gasteiger partial charge >= 0.3 is 0 Å². The van der Waals surface area contributed by atoms with Crippen LogP contribution in [0.4, 0.5) is 0 Å². The summed E-state index contributed by atoms with van der Waals surface area (Å²) in [5.41, 5.74) is 1.00. The Balaban J connectivity index is 2.30. The van der Waals surface area contributed by atoms with E-state index in [0.29, 0.717) is 12.8 Å². The smallest absolute Gasteiger partial charge is 0.115 e. The van der Waals surface area contributed by atoms with Crippen molar-refractivity contribution < 1.29 is 10.2 Å². The van der Waals surface area contributed by atoms with Gasteiger partial charge in [0.05, 0.1) is 5.60 Å². The molecule has 0 aliphatic rings. The van der Waals surface area contributed by atoms with Crippen molar-refractivity contribution >= 4 is 0 Å². The minimum atomic E-state index is -0.871. The topological polar surface area (TPSA) is 40.5 Å². The van der Waals surface area contributed by atoms with Gasteiger partial charge in [-0.1, -0.05) is 55.8 Å². The van der Waals surface area contributed by atoms with E-state index in [9.17, 15) is 10.2 Å². The van der Waals surface area contributed by atoms with Gasteiger partial charge in [-0.3, -0.25) is 0 Å². The Bertz CT molecular complexity index is 522. The summed E-state index contributed by atoms with van der Waals surface area (Å²) in [6.07, 6.45) is 2.12. The van der Waals surface area contributed by atoms with Crippen LogP contribution in [-0.4, -0.2) is 10.2 Å². The highest BCUT2D eigenvalue weighted by Gasteiger charge is 2.28. The Hall–Kier alpha value is -1.80. The third-order valence-electron chi connectivity index (χ3n) is 3.38. The van der Waals surface area contributed by atoms with Gasteiger partial charge in [0.15, 0.2) is 0 Å². The summed E-state index contributed by atoms with van der Waals surface area (Å²) in [5, 5.41) is 20.5. The van der Waals surface area contributed by atoms with Gasteiger partial charge < -0.3 is 10.2 Å². The van der Waals surface area contributed by atoms with Gasteiger partial charge in [0.1, 0.15) is 5.75 Å². The SMILES string of the molecule is CCCC(O)(Cc1cccc(O)c1)c1ccccc1. The van der Waals surface area contributed by atoms with Gasteiger partial charge in [-0.05, 0) is 29.7 Å². The molecule has 0 radical (unpaired) electrons. The van der Waals surface area contributed by atoms with Gasteiger partial charge in [-0.15, -0.1) is 0 Å². The lowest BCUT2D eigenvalue weighted by Crippen LogP contribution is -2.28. The number of hydrogen-bond donors (Lipinski definition) is 2. The van der Waals surface area contributed by atoms with Crippen LogP contribution in [0.15, 0.2) is 54.6 Å². The maximum atomic E-state index is 10.9. The minimum absolute atomic E-state index is 0.240. The molecule has 1 unspecified atom stereocenters. The highest BCUT2D eigenvalue weighted by Crippen LogP contribution is 2.31. The molecule has 0 bridgehead atoms. The van der Waals surface area contributed by atoms with Crippen LogP contribution in [0.25, 0.3) is 0 Å². The molecule has 2 aromatic rings. The fraction of sp³-hybridized carbons (Fsp3) is 0.294. The van der Waals surface area contributed by atoms with Crippen LogP contribution in [0.5, 0.6) is 5.75 Å². The Morgan fingerprint density at radius 2 is 1.74 bits per heavy atom. The van der Waals surface area contributed by atoms with E-state index < -0.39 is 5.60 Å². The molecule has 0 fully saturated rings. The normalized spacial score (nSPS) is 14.0. The number of aliphatic hydroxyl groups is 1. The lowest BCUT2D eigenvalue weighted by molar-refractivity contribution is 0.0269. The van der Waals surface area contributed by atoms with E-state index in [1.165, 1.54) is 0 Å². The van der Waals surface area contributed by atoms with Crippen molar-refractivity contribution in [2.75, 3.05) is 0 Å². The molecule has 0 aromatic heterocycles. The second kappa shape index (κ2) is 5.89. The van der Waals surface area contributed by atoms with Crippen molar-refractivity contribution in [1.82, 2.24) is 0 Å². The molecule has 0 saturated heterocycles. The maximum Gasteiger partial charge on any atom is 0.115 e. The van der Waals surface area contributed by atoms with Crippen LogP contribution < -0.4 is 0 Å². The molecule has 2 heteroatoms. The molecular formula is C17H20O2. The molecule has 2 aromatic carbocycles. The molecule has 19 heavy (non-hydrogen) atoms. The Kier molecular flexibility index (Phi) is 4.23. The summed E-state index contributed by atoms with van der Waals surface area (Å²) in [5.74, 6) is 0.240. The zero-order chi connectivity index (χ0) is 13.7. The zero-order valence-electron chi connectivity index (χ0n) is 11.2. The minimum Gasteiger partial charge on any atom is -0.508 e. The van der Waals surface area contributed by atoms with Crippen molar-refractivity contribution in [3.8, 4) is 5.75 Å². The number of phenols is 1. The summed E-state index contributed by atoms with van der Waals surface area (Å²) >= 11 is 0. The maximum absolute atomic E-state index is 10.9. The summed E-state index contributed by atoms with van der Waals surface area (Å²) < 4.78 is 0. The Morgan fingerprint density at radius 1 is 1.00 bits per heavy atom. The first kappa shape index (κ1) is 13.6. The number of benzene rings is 2. The predicted molar refractivity (Wildman–Crippen MR) is 77.1 cm³/mol. The van der Waals surface area contributed by atoms with Crippen LogP contribution in [0.2, 0.25) is 0 Å². The zero-order valence-corrected chi connectivity index (χ0v) is 11.2. The van der Waals surface area contributed by atoms with E-state index in [2.05, 4.69) is 6.92 Å². The van der Waals surface area contributed by atoms with Crippen LogP contribution >= 0.6 is 0 Å². The number of hydrogen-bond acceptors (Lipinski definition) is 2. The lowest BCUT2D eigenvalue weighted by atomic mass is 9.83. The fourth-order valence-corrected chi connectivity index (χ4v) is 2.50. The van der Waals surface area contributed by atoms with Crippen molar-refractivity contribution in [1.29, 1.82) is 0 Å². The van der Waals surface area contributed by atoms with Crippen molar-refractivity contribution in [3.05, 3.63) is 65.7 Å². The van der Waals surface area contributed by atoms with Gasteiger partial charge in [-0.25, -0.2) is 0 Å². The molecule has 0 aliphatic heterocycles. The number of phenolic OH excluding ortho intramolecular Hbond substituents is 1. The van der Waals surface area contributed by atoms with Crippen molar-refractivity contribution in [2.24, 2.45) is 0 Å². The van der Waals surface area contributed by atoms with Crippen LogP contribution in [0.3, 0.4) is 0 Å². The average Bonchev–Trinajstić information content (AvgIpc) is 2.40. The second-order valence-corrected chi connectivity index (χ2v) is 4.99. The van der Waals surface area contributed by atoms with E-state index in [0.717, 1.165) is 17.5 Å². The van der Waals surface area contributed by atoms with E-state index in [1.807, 2.05) is 42.5 Å². The highest BCUT2D eigenvalue weighted by atomic mass is 16.3. The lowest BCUT2D eigenvalue weighted by Gasteiger charge is -2.28. The summed E-state index contributed by atoms with van der Waals surface area (Å²) in [6.45, 7) is 2.07. The molecular weight excluding hydrogens is 236 g/mol. The largest absolute Gasteiger partial charge is 0.508 e. The predicted octanol–water partition coefficient (Wildman–Crippen LogP) is 3.62.